The Bertz CT molecular complexity index is 655. The van der Waals surface area contributed by atoms with E-state index in [0.717, 1.165) is 6.54 Å². The lowest BCUT2D eigenvalue weighted by atomic mass is 10.0. The molecule has 1 aliphatic rings. The molecule has 1 aromatic heterocycles. The second kappa shape index (κ2) is 6.82. The molecule has 0 saturated carbocycles. The van der Waals surface area contributed by atoms with Gasteiger partial charge in [0.15, 0.2) is 0 Å². The first-order valence-electron chi connectivity index (χ1n) is 7.41. The Morgan fingerprint density at radius 3 is 3.04 bits per heavy atom. The standard InChI is InChI=1S/C15H18ClFN4O2/c16-13-9-12(17)1-2-14(13)23-8-7-20-5-3-15(22,10-20)11-21-6-4-18-19-21/h1-2,4,6,9,22H,3,5,7-8,10-11H2. The number of benzene rings is 1. The van der Waals surface area contributed by atoms with Crippen LogP contribution in [0.25, 0.3) is 0 Å². The molecule has 1 N–H and O–H groups in total. The lowest BCUT2D eigenvalue weighted by Crippen LogP contribution is -2.38. The van der Waals surface area contributed by atoms with Gasteiger partial charge in [0.25, 0.3) is 0 Å². The molecule has 0 bridgehead atoms. The minimum atomic E-state index is -0.804. The van der Waals surface area contributed by atoms with E-state index in [4.69, 9.17) is 16.3 Å². The third-order valence-corrected chi connectivity index (χ3v) is 4.19. The van der Waals surface area contributed by atoms with Crippen molar-refractivity contribution in [3.05, 3.63) is 41.4 Å². The van der Waals surface area contributed by atoms with Gasteiger partial charge in [0.05, 0.1) is 23.4 Å². The maximum atomic E-state index is 13.0. The molecule has 2 aromatic rings. The molecule has 3 rings (SSSR count). The monoisotopic (exact) mass is 340 g/mol. The second-order valence-corrected chi connectivity index (χ2v) is 6.18. The van der Waals surface area contributed by atoms with E-state index in [-0.39, 0.29) is 10.8 Å². The van der Waals surface area contributed by atoms with Crippen LogP contribution in [0.3, 0.4) is 0 Å². The SMILES string of the molecule is OC1(Cn2ccnn2)CCN(CCOc2ccc(F)cc2Cl)C1. The number of ether oxygens (including phenoxy) is 1. The summed E-state index contributed by atoms with van der Waals surface area (Å²) in [6.07, 6.45) is 4.00. The van der Waals surface area contributed by atoms with Crippen molar-refractivity contribution in [1.29, 1.82) is 0 Å². The van der Waals surface area contributed by atoms with E-state index in [2.05, 4.69) is 15.2 Å². The fourth-order valence-electron chi connectivity index (χ4n) is 2.76. The van der Waals surface area contributed by atoms with Gasteiger partial charge in [-0.1, -0.05) is 16.8 Å². The van der Waals surface area contributed by atoms with Crippen LogP contribution in [-0.4, -0.2) is 56.8 Å². The molecular weight excluding hydrogens is 323 g/mol. The first-order chi connectivity index (χ1) is 11.0. The third kappa shape index (κ3) is 4.19. The molecule has 1 fully saturated rings. The predicted molar refractivity (Wildman–Crippen MR) is 82.9 cm³/mol. The van der Waals surface area contributed by atoms with E-state index < -0.39 is 5.60 Å². The van der Waals surface area contributed by atoms with Crippen LogP contribution in [0.2, 0.25) is 5.02 Å². The Balaban J connectivity index is 1.46. The van der Waals surface area contributed by atoms with Gasteiger partial charge in [-0.25, -0.2) is 9.07 Å². The van der Waals surface area contributed by atoms with Crippen LogP contribution >= 0.6 is 11.6 Å². The highest BCUT2D eigenvalue weighted by molar-refractivity contribution is 6.32. The van der Waals surface area contributed by atoms with Crippen molar-refractivity contribution in [2.45, 2.75) is 18.6 Å². The molecule has 124 valence electrons. The molecule has 0 amide bonds. The molecule has 23 heavy (non-hydrogen) atoms. The van der Waals surface area contributed by atoms with Crippen molar-refractivity contribution in [3.8, 4) is 5.75 Å². The zero-order valence-corrected chi connectivity index (χ0v) is 13.3. The molecule has 0 aliphatic carbocycles. The van der Waals surface area contributed by atoms with E-state index in [0.29, 0.717) is 38.4 Å². The molecule has 8 heteroatoms. The number of hydrogen-bond acceptors (Lipinski definition) is 5. The second-order valence-electron chi connectivity index (χ2n) is 5.77. The zero-order valence-electron chi connectivity index (χ0n) is 12.5. The number of β-amino-alcohol motifs (C(OH)–C–C–N with tert-alkyl or cyclic N) is 1. The van der Waals surface area contributed by atoms with Gasteiger partial charge in [0.2, 0.25) is 0 Å². The molecule has 1 aromatic carbocycles. The summed E-state index contributed by atoms with van der Waals surface area (Å²) in [4.78, 5) is 2.12. The minimum absolute atomic E-state index is 0.258. The van der Waals surface area contributed by atoms with E-state index in [1.165, 1.54) is 18.2 Å². The minimum Gasteiger partial charge on any atom is -0.491 e. The summed E-state index contributed by atoms with van der Waals surface area (Å²) >= 11 is 5.92. The highest BCUT2D eigenvalue weighted by Crippen LogP contribution is 2.26. The average Bonchev–Trinajstić information content (AvgIpc) is 3.12. The molecule has 1 saturated heterocycles. The number of nitrogens with zero attached hydrogens (tertiary/aromatic N) is 4. The summed E-state index contributed by atoms with van der Waals surface area (Å²) in [5.41, 5.74) is -0.804. The summed E-state index contributed by atoms with van der Waals surface area (Å²) in [5, 5.41) is 18.5. The molecule has 0 spiro atoms. The van der Waals surface area contributed by atoms with Gasteiger partial charge in [0.1, 0.15) is 18.2 Å². The van der Waals surface area contributed by atoms with Crippen LogP contribution in [0.15, 0.2) is 30.6 Å². The van der Waals surface area contributed by atoms with Crippen LogP contribution in [0.4, 0.5) is 4.39 Å². The third-order valence-electron chi connectivity index (χ3n) is 3.90. The van der Waals surface area contributed by atoms with Crippen LogP contribution in [0, 0.1) is 5.82 Å². The Morgan fingerprint density at radius 2 is 2.30 bits per heavy atom. The van der Waals surface area contributed by atoms with Crippen molar-refractivity contribution >= 4 is 11.6 Å². The molecular formula is C15H18ClFN4O2. The largest absolute Gasteiger partial charge is 0.491 e. The highest BCUT2D eigenvalue weighted by Gasteiger charge is 2.36. The van der Waals surface area contributed by atoms with Crippen molar-refractivity contribution in [3.63, 3.8) is 0 Å². The van der Waals surface area contributed by atoms with Gasteiger partial charge in [-0.15, -0.1) is 5.10 Å². The van der Waals surface area contributed by atoms with E-state index in [9.17, 15) is 9.50 Å². The maximum absolute atomic E-state index is 13.0. The Hall–Kier alpha value is -1.70. The molecule has 0 radical (unpaired) electrons. The number of aromatic nitrogens is 3. The van der Waals surface area contributed by atoms with Gasteiger partial charge in [-0.05, 0) is 24.6 Å². The predicted octanol–water partition coefficient (Wildman–Crippen LogP) is 1.59. The molecule has 1 unspecified atom stereocenters. The number of hydrogen-bond donors (Lipinski definition) is 1. The van der Waals surface area contributed by atoms with Crippen LogP contribution in [0.5, 0.6) is 5.75 Å². The Morgan fingerprint density at radius 1 is 1.43 bits per heavy atom. The van der Waals surface area contributed by atoms with E-state index >= 15 is 0 Å². The maximum Gasteiger partial charge on any atom is 0.138 e. The van der Waals surface area contributed by atoms with E-state index in [1.54, 1.807) is 17.1 Å². The van der Waals surface area contributed by atoms with Crippen LogP contribution in [-0.2, 0) is 6.54 Å². The zero-order chi connectivity index (χ0) is 16.3. The molecule has 6 nitrogen and oxygen atoms in total. The summed E-state index contributed by atoms with van der Waals surface area (Å²) in [7, 11) is 0. The number of rotatable bonds is 6. The van der Waals surface area contributed by atoms with Crippen molar-refractivity contribution in [1.82, 2.24) is 19.9 Å². The van der Waals surface area contributed by atoms with Gasteiger partial charge >= 0.3 is 0 Å². The topological polar surface area (TPSA) is 63.4 Å². The van der Waals surface area contributed by atoms with Crippen molar-refractivity contribution < 1.29 is 14.2 Å². The highest BCUT2D eigenvalue weighted by atomic mass is 35.5. The first kappa shape index (κ1) is 16.2. The van der Waals surface area contributed by atoms with Gasteiger partial charge in [-0.3, -0.25) is 4.90 Å². The fourth-order valence-corrected chi connectivity index (χ4v) is 2.98. The number of aliphatic hydroxyl groups is 1. The van der Waals surface area contributed by atoms with Gasteiger partial charge in [-0.2, -0.15) is 0 Å². The number of halogens is 2. The quantitative estimate of drug-likeness (QED) is 0.865. The summed E-state index contributed by atoms with van der Waals surface area (Å²) in [6.45, 7) is 2.84. The van der Waals surface area contributed by atoms with E-state index in [1.807, 2.05) is 0 Å². The van der Waals surface area contributed by atoms with Crippen molar-refractivity contribution in [2.75, 3.05) is 26.2 Å². The Kier molecular flexibility index (Phi) is 4.79. The van der Waals surface area contributed by atoms with Crippen molar-refractivity contribution in [2.24, 2.45) is 0 Å². The molecule has 1 aliphatic heterocycles. The summed E-state index contributed by atoms with van der Waals surface area (Å²) < 4.78 is 20.2. The Labute approximate surface area is 138 Å². The number of likely N-dealkylation sites (tertiary alicyclic amines) is 1. The fraction of sp³-hybridized carbons (Fsp3) is 0.467. The van der Waals surface area contributed by atoms with Crippen LogP contribution in [0.1, 0.15) is 6.42 Å². The average molecular weight is 341 g/mol. The molecule has 1 atom stereocenters. The lowest BCUT2D eigenvalue weighted by Gasteiger charge is -2.23. The van der Waals surface area contributed by atoms with Gasteiger partial charge < -0.3 is 9.84 Å². The van der Waals surface area contributed by atoms with Gasteiger partial charge in [0, 0.05) is 25.8 Å². The van der Waals surface area contributed by atoms with Crippen LogP contribution < -0.4 is 4.74 Å². The normalized spacial score (nSPS) is 21.7. The molecule has 2 heterocycles. The summed E-state index contributed by atoms with van der Waals surface area (Å²) in [6, 6.07) is 4.06. The summed E-state index contributed by atoms with van der Waals surface area (Å²) in [5.74, 6) is 0.0743. The smallest absolute Gasteiger partial charge is 0.138 e. The lowest BCUT2D eigenvalue weighted by molar-refractivity contribution is 0.0271. The first-order valence-corrected chi connectivity index (χ1v) is 7.79.